The molecule has 7 heteroatoms. The van der Waals surface area contributed by atoms with Crippen molar-refractivity contribution in [3.8, 4) is 0 Å². The van der Waals surface area contributed by atoms with Crippen LogP contribution in [0.1, 0.15) is 31.6 Å². The normalized spacial score (nSPS) is 14.5. The van der Waals surface area contributed by atoms with Crippen LogP contribution in [-0.2, 0) is 0 Å². The summed E-state index contributed by atoms with van der Waals surface area (Å²) in [6.07, 6.45) is -2.96. The van der Waals surface area contributed by atoms with Crippen molar-refractivity contribution in [3.63, 3.8) is 0 Å². The van der Waals surface area contributed by atoms with Gasteiger partial charge >= 0.3 is 6.18 Å². The Labute approximate surface area is 100 Å². The molecule has 3 nitrogen and oxygen atoms in total. The maximum Gasteiger partial charge on any atom is 0.409 e. The van der Waals surface area contributed by atoms with Crippen LogP contribution >= 0.6 is 15.9 Å². The molecule has 0 aliphatic carbocycles. The van der Waals surface area contributed by atoms with Crippen LogP contribution in [0.2, 0.25) is 0 Å². The van der Waals surface area contributed by atoms with Gasteiger partial charge in [-0.25, -0.2) is 0 Å². The Hall–Kier alpha value is -0.560. The summed E-state index contributed by atoms with van der Waals surface area (Å²) in [5, 5.41) is 6.19. The molecule has 0 radical (unpaired) electrons. The lowest BCUT2D eigenvalue weighted by atomic mass is 10.2. The molecule has 1 unspecified atom stereocenters. The molecule has 0 spiro atoms. The summed E-state index contributed by atoms with van der Waals surface area (Å²) < 4.78 is 40.1. The van der Waals surface area contributed by atoms with E-state index >= 15 is 0 Å². The highest BCUT2D eigenvalue weighted by Crippen LogP contribution is 2.36. The molecule has 1 atom stereocenters. The van der Waals surface area contributed by atoms with Crippen molar-refractivity contribution in [2.75, 3.05) is 7.05 Å². The van der Waals surface area contributed by atoms with Crippen molar-refractivity contribution >= 4 is 15.9 Å². The van der Waals surface area contributed by atoms with E-state index in [-0.39, 0.29) is 11.7 Å². The highest BCUT2D eigenvalue weighted by atomic mass is 79.9. The zero-order valence-electron chi connectivity index (χ0n) is 9.14. The smallest absolute Gasteiger partial charge is 0.304 e. The van der Waals surface area contributed by atoms with Crippen molar-refractivity contribution in [1.82, 2.24) is 15.1 Å². The topological polar surface area (TPSA) is 29.9 Å². The molecule has 0 aromatic carbocycles. The van der Waals surface area contributed by atoms with Gasteiger partial charge in [-0.05, 0) is 36.8 Å². The fourth-order valence-electron chi connectivity index (χ4n) is 1.49. The van der Waals surface area contributed by atoms with Gasteiger partial charge in [-0.3, -0.25) is 4.68 Å². The minimum atomic E-state index is -4.34. The van der Waals surface area contributed by atoms with Crippen molar-refractivity contribution in [2.45, 2.75) is 32.1 Å². The van der Waals surface area contributed by atoms with Crippen LogP contribution in [0.4, 0.5) is 13.2 Å². The first-order chi connectivity index (χ1) is 7.29. The number of rotatable bonds is 3. The molecule has 0 fully saturated rings. The van der Waals surface area contributed by atoms with E-state index in [2.05, 4.69) is 26.3 Å². The number of nitrogens with zero attached hydrogens (tertiary/aromatic N) is 2. The highest BCUT2D eigenvalue weighted by Gasteiger charge is 2.43. The van der Waals surface area contributed by atoms with Gasteiger partial charge < -0.3 is 5.32 Å². The summed E-state index contributed by atoms with van der Waals surface area (Å²) in [5.41, 5.74) is 0.102. The number of hydrogen-bond acceptors (Lipinski definition) is 2. The summed E-state index contributed by atoms with van der Waals surface area (Å²) in [6.45, 7) is 3.57. The molecular weight excluding hydrogens is 287 g/mol. The maximum atomic E-state index is 12.8. The molecular formula is C9H13BrF3N3. The summed E-state index contributed by atoms with van der Waals surface area (Å²) in [7, 11) is 1.28. The number of hydrogen-bond donors (Lipinski definition) is 1. The molecule has 0 aliphatic heterocycles. The lowest BCUT2D eigenvalue weighted by Gasteiger charge is -2.22. The fourth-order valence-corrected chi connectivity index (χ4v) is 1.99. The highest BCUT2D eigenvalue weighted by molar-refractivity contribution is 9.10. The zero-order valence-corrected chi connectivity index (χ0v) is 10.7. The summed E-state index contributed by atoms with van der Waals surface area (Å²) in [6, 6.07) is -1.84. The quantitative estimate of drug-likeness (QED) is 0.930. The van der Waals surface area contributed by atoms with Gasteiger partial charge in [0.25, 0.3) is 0 Å². The second-order valence-corrected chi connectivity index (χ2v) is 4.53. The molecule has 1 aromatic heterocycles. The van der Waals surface area contributed by atoms with Crippen LogP contribution in [0.25, 0.3) is 0 Å². The van der Waals surface area contributed by atoms with E-state index < -0.39 is 12.2 Å². The Morgan fingerprint density at radius 3 is 2.38 bits per heavy atom. The molecule has 92 valence electrons. The molecule has 1 rings (SSSR count). The Morgan fingerprint density at radius 2 is 2.00 bits per heavy atom. The molecule has 0 saturated heterocycles. The van der Waals surface area contributed by atoms with Crippen molar-refractivity contribution in [1.29, 1.82) is 0 Å². The number of aromatic nitrogens is 2. The maximum absolute atomic E-state index is 12.8. The lowest BCUT2D eigenvalue weighted by Crippen LogP contribution is -2.34. The molecule has 0 aliphatic rings. The largest absolute Gasteiger partial charge is 0.409 e. The Kier molecular flexibility index (Phi) is 4.01. The predicted octanol–water partition coefficient (Wildman–Crippen LogP) is 3.05. The predicted molar refractivity (Wildman–Crippen MR) is 58.2 cm³/mol. The van der Waals surface area contributed by atoms with E-state index in [1.54, 1.807) is 13.8 Å². The Morgan fingerprint density at radius 1 is 1.44 bits per heavy atom. The van der Waals surface area contributed by atoms with Crippen molar-refractivity contribution in [3.05, 3.63) is 16.4 Å². The molecule has 1 heterocycles. The molecule has 16 heavy (non-hydrogen) atoms. The SMILES string of the molecule is CNC(c1c(Br)cnn1C(C)C)C(F)(F)F. The molecule has 1 N–H and O–H groups in total. The second-order valence-electron chi connectivity index (χ2n) is 3.68. The van der Waals surface area contributed by atoms with Crippen LogP contribution in [0.15, 0.2) is 10.7 Å². The molecule has 1 aromatic rings. The summed E-state index contributed by atoms with van der Waals surface area (Å²) in [4.78, 5) is 0. The van der Waals surface area contributed by atoms with Crippen molar-refractivity contribution < 1.29 is 13.2 Å². The standard InChI is InChI=1S/C9H13BrF3N3/c1-5(2)16-7(6(10)4-15-16)8(14-3)9(11,12)13/h4-5,8,14H,1-3H3. The first kappa shape index (κ1) is 13.5. The third kappa shape index (κ3) is 2.57. The second kappa shape index (κ2) is 4.75. The third-order valence-corrected chi connectivity index (χ3v) is 2.78. The van der Waals surface area contributed by atoms with Crippen molar-refractivity contribution in [2.24, 2.45) is 0 Å². The van der Waals surface area contributed by atoms with E-state index in [1.165, 1.54) is 17.9 Å². The molecule has 0 bridgehead atoms. The van der Waals surface area contributed by atoms with E-state index in [9.17, 15) is 13.2 Å². The van der Waals surface area contributed by atoms with E-state index in [4.69, 9.17) is 0 Å². The summed E-state index contributed by atoms with van der Waals surface area (Å²) >= 11 is 3.10. The van der Waals surface area contributed by atoms with Crippen LogP contribution in [-0.4, -0.2) is 23.0 Å². The van der Waals surface area contributed by atoms with Crippen LogP contribution in [0, 0.1) is 0 Å². The van der Waals surface area contributed by atoms with Crippen LogP contribution in [0.5, 0.6) is 0 Å². The van der Waals surface area contributed by atoms with Gasteiger partial charge in [-0.2, -0.15) is 18.3 Å². The monoisotopic (exact) mass is 299 g/mol. The van der Waals surface area contributed by atoms with E-state index in [0.29, 0.717) is 4.47 Å². The minimum absolute atomic E-state index is 0.102. The van der Waals surface area contributed by atoms with Gasteiger partial charge in [0.1, 0.15) is 6.04 Å². The Balaban J connectivity index is 3.24. The number of halogens is 4. The average molecular weight is 300 g/mol. The van der Waals surface area contributed by atoms with Gasteiger partial charge in [-0.15, -0.1) is 0 Å². The summed E-state index contributed by atoms with van der Waals surface area (Å²) in [5.74, 6) is 0. The number of nitrogens with one attached hydrogen (secondary N) is 1. The van der Waals surface area contributed by atoms with E-state index in [0.717, 1.165) is 0 Å². The van der Waals surface area contributed by atoms with Crippen LogP contribution < -0.4 is 5.32 Å². The third-order valence-electron chi connectivity index (χ3n) is 2.17. The molecule has 0 amide bonds. The van der Waals surface area contributed by atoms with Gasteiger partial charge in [0, 0.05) is 6.04 Å². The van der Waals surface area contributed by atoms with Gasteiger partial charge in [0.05, 0.1) is 16.4 Å². The first-order valence-corrected chi connectivity index (χ1v) is 5.55. The number of alkyl halides is 3. The van der Waals surface area contributed by atoms with Crippen LogP contribution in [0.3, 0.4) is 0 Å². The lowest BCUT2D eigenvalue weighted by molar-refractivity contribution is -0.158. The molecule has 0 saturated carbocycles. The van der Waals surface area contributed by atoms with Gasteiger partial charge in [-0.1, -0.05) is 0 Å². The Bertz CT molecular complexity index is 359. The van der Waals surface area contributed by atoms with Gasteiger partial charge in [0.15, 0.2) is 0 Å². The fraction of sp³-hybridized carbons (Fsp3) is 0.667. The minimum Gasteiger partial charge on any atom is -0.304 e. The zero-order chi connectivity index (χ0) is 12.5. The first-order valence-electron chi connectivity index (χ1n) is 4.76. The van der Waals surface area contributed by atoms with Gasteiger partial charge in [0.2, 0.25) is 0 Å². The average Bonchev–Trinajstić information content (AvgIpc) is 2.47. The van der Waals surface area contributed by atoms with E-state index in [1.807, 2.05) is 0 Å².